The van der Waals surface area contributed by atoms with Crippen LogP contribution in [0.2, 0.25) is 0 Å². The summed E-state index contributed by atoms with van der Waals surface area (Å²) in [6.45, 7) is 6.48. The van der Waals surface area contributed by atoms with Crippen molar-refractivity contribution in [3.8, 4) is 5.75 Å². The van der Waals surface area contributed by atoms with Gasteiger partial charge in [-0.05, 0) is 70.3 Å². The summed E-state index contributed by atoms with van der Waals surface area (Å²) >= 11 is 0. The van der Waals surface area contributed by atoms with Gasteiger partial charge in [-0.3, -0.25) is 4.90 Å². The maximum atomic E-state index is 12.8. The van der Waals surface area contributed by atoms with Crippen molar-refractivity contribution in [2.45, 2.75) is 31.7 Å². The van der Waals surface area contributed by atoms with Crippen molar-refractivity contribution in [1.29, 1.82) is 0 Å². The van der Waals surface area contributed by atoms with Crippen LogP contribution in [0, 0.1) is 13.8 Å². The minimum Gasteiger partial charge on any atom is -0.493 e. The molecular weight excluding hydrogens is 350 g/mol. The lowest BCUT2D eigenvalue weighted by molar-refractivity contribution is 0.289. The molecule has 0 unspecified atom stereocenters. The fourth-order valence-electron chi connectivity index (χ4n) is 3.08. The standard InChI is InChI=1S/C19H29N3O3S/c1-7-25-19-14(2)11-16(12-15(19)3)26(23,24)20-13-18(21(4)5)17-9-8-10-22(17)6/h8-12,18,20H,7,13H2,1-6H3/t18-/m0/s1. The molecule has 0 aliphatic carbocycles. The molecule has 0 saturated heterocycles. The van der Waals surface area contributed by atoms with E-state index in [1.807, 2.05) is 69.7 Å². The lowest BCUT2D eigenvalue weighted by Crippen LogP contribution is -2.35. The lowest BCUT2D eigenvalue weighted by Gasteiger charge is -2.25. The molecule has 1 aromatic carbocycles. The number of aromatic nitrogens is 1. The quantitative estimate of drug-likeness (QED) is 0.766. The predicted octanol–water partition coefficient (Wildman–Crippen LogP) is 2.62. The molecule has 0 amide bonds. The molecular formula is C19H29N3O3S. The molecule has 0 spiro atoms. The first-order chi connectivity index (χ1) is 12.2. The van der Waals surface area contributed by atoms with E-state index >= 15 is 0 Å². The monoisotopic (exact) mass is 379 g/mol. The van der Waals surface area contributed by atoms with Gasteiger partial charge in [0.25, 0.3) is 0 Å². The van der Waals surface area contributed by atoms with Crippen LogP contribution in [0.1, 0.15) is 29.8 Å². The minimum atomic E-state index is -3.61. The number of aryl methyl sites for hydroxylation is 3. The second-order valence-electron chi connectivity index (χ2n) is 6.69. The second-order valence-corrected chi connectivity index (χ2v) is 8.46. The van der Waals surface area contributed by atoms with E-state index in [1.54, 1.807) is 12.1 Å². The Balaban J connectivity index is 2.24. The molecule has 0 aliphatic heterocycles. The van der Waals surface area contributed by atoms with Crippen LogP contribution in [0.15, 0.2) is 35.4 Å². The molecule has 1 aromatic heterocycles. The maximum Gasteiger partial charge on any atom is 0.240 e. The van der Waals surface area contributed by atoms with Gasteiger partial charge in [0.15, 0.2) is 0 Å². The van der Waals surface area contributed by atoms with E-state index in [0.29, 0.717) is 13.2 Å². The van der Waals surface area contributed by atoms with Crippen molar-refractivity contribution < 1.29 is 13.2 Å². The summed E-state index contributed by atoms with van der Waals surface area (Å²) in [4.78, 5) is 2.27. The molecule has 6 nitrogen and oxygen atoms in total. The third-order valence-electron chi connectivity index (χ3n) is 4.45. The average Bonchev–Trinajstić information content (AvgIpc) is 2.96. The van der Waals surface area contributed by atoms with Crippen LogP contribution in [0.4, 0.5) is 0 Å². The maximum absolute atomic E-state index is 12.8. The number of benzene rings is 1. The van der Waals surface area contributed by atoms with Crippen molar-refractivity contribution in [2.24, 2.45) is 7.05 Å². The number of ether oxygens (including phenoxy) is 1. The van der Waals surface area contributed by atoms with Crippen molar-refractivity contribution >= 4 is 10.0 Å². The first-order valence-corrected chi connectivity index (χ1v) is 10.2. The van der Waals surface area contributed by atoms with E-state index < -0.39 is 10.0 Å². The van der Waals surface area contributed by atoms with Crippen molar-refractivity contribution in [2.75, 3.05) is 27.2 Å². The zero-order chi connectivity index (χ0) is 19.5. The molecule has 2 rings (SSSR count). The van der Waals surface area contributed by atoms with E-state index in [0.717, 1.165) is 22.6 Å². The molecule has 1 atom stereocenters. The highest BCUT2D eigenvalue weighted by atomic mass is 32.2. The normalized spacial score (nSPS) is 13.2. The van der Waals surface area contributed by atoms with Crippen molar-refractivity contribution in [3.05, 3.63) is 47.3 Å². The average molecular weight is 380 g/mol. The molecule has 0 saturated carbocycles. The van der Waals surface area contributed by atoms with Gasteiger partial charge in [-0.2, -0.15) is 0 Å². The van der Waals surface area contributed by atoms with E-state index in [4.69, 9.17) is 4.74 Å². The molecule has 0 fully saturated rings. The van der Waals surface area contributed by atoms with Gasteiger partial charge in [0.1, 0.15) is 5.75 Å². The van der Waals surface area contributed by atoms with Gasteiger partial charge < -0.3 is 9.30 Å². The van der Waals surface area contributed by atoms with Gasteiger partial charge in [0, 0.05) is 25.5 Å². The Bertz CT molecular complexity index is 834. The van der Waals surface area contributed by atoms with Crippen LogP contribution in [0.3, 0.4) is 0 Å². The molecule has 26 heavy (non-hydrogen) atoms. The third-order valence-corrected chi connectivity index (χ3v) is 5.85. The Morgan fingerprint density at radius 3 is 2.31 bits per heavy atom. The van der Waals surface area contributed by atoms with E-state index in [1.165, 1.54) is 0 Å². The highest BCUT2D eigenvalue weighted by Crippen LogP contribution is 2.27. The number of rotatable bonds is 8. The fourth-order valence-corrected chi connectivity index (χ4v) is 4.29. The van der Waals surface area contributed by atoms with E-state index in [-0.39, 0.29) is 10.9 Å². The van der Waals surface area contributed by atoms with Crippen molar-refractivity contribution in [1.82, 2.24) is 14.2 Å². The Kier molecular flexibility index (Phi) is 6.49. The number of hydrogen-bond acceptors (Lipinski definition) is 4. The van der Waals surface area contributed by atoms with E-state index in [9.17, 15) is 8.42 Å². The SMILES string of the molecule is CCOc1c(C)cc(S(=O)(=O)NC[C@@H](c2cccn2C)N(C)C)cc1C. The van der Waals surface area contributed by atoms with Gasteiger partial charge in [0.05, 0.1) is 17.5 Å². The molecule has 144 valence electrons. The zero-order valence-corrected chi connectivity index (χ0v) is 17.2. The van der Waals surface area contributed by atoms with Gasteiger partial charge in [-0.15, -0.1) is 0 Å². The van der Waals surface area contributed by atoms with Gasteiger partial charge in [0.2, 0.25) is 10.0 Å². The largest absolute Gasteiger partial charge is 0.493 e. The smallest absolute Gasteiger partial charge is 0.240 e. The van der Waals surface area contributed by atoms with E-state index in [2.05, 4.69) is 4.72 Å². The predicted molar refractivity (Wildman–Crippen MR) is 104 cm³/mol. The van der Waals surface area contributed by atoms with Gasteiger partial charge in [-0.25, -0.2) is 13.1 Å². The summed E-state index contributed by atoms with van der Waals surface area (Å²) in [5.74, 6) is 0.751. The fraction of sp³-hybridized carbons (Fsp3) is 0.474. The third kappa shape index (κ3) is 4.47. The Labute approximate surface area is 156 Å². The molecule has 1 heterocycles. The highest BCUT2D eigenvalue weighted by molar-refractivity contribution is 7.89. The summed E-state index contributed by atoms with van der Waals surface area (Å²) in [5, 5.41) is 0. The van der Waals surface area contributed by atoms with Crippen LogP contribution in [-0.2, 0) is 17.1 Å². The molecule has 0 bridgehead atoms. The number of nitrogens with one attached hydrogen (secondary N) is 1. The molecule has 2 aromatic rings. The zero-order valence-electron chi connectivity index (χ0n) is 16.4. The number of likely N-dealkylation sites (N-methyl/N-ethyl adjacent to an activating group) is 1. The van der Waals surface area contributed by atoms with Gasteiger partial charge in [-0.1, -0.05) is 0 Å². The Morgan fingerprint density at radius 2 is 1.85 bits per heavy atom. The van der Waals surface area contributed by atoms with Crippen LogP contribution < -0.4 is 9.46 Å². The molecule has 1 N–H and O–H groups in total. The second kappa shape index (κ2) is 8.24. The summed E-state index contributed by atoms with van der Waals surface area (Å²) in [5.41, 5.74) is 2.69. The summed E-state index contributed by atoms with van der Waals surface area (Å²) in [6.07, 6.45) is 1.96. The Morgan fingerprint density at radius 1 is 1.23 bits per heavy atom. The lowest BCUT2D eigenvalue weighted by atomic mass is 10.1. The minimum absolute atomic E-state index is 0.0605. The van der Waals surface area contributed by atoms with Crippen LogP contribution in [0.25, 0.3) is 0 Å². The topological polar surface area (TPSA) is 63.6 Å². The molecule has 0 aliphatic rings. The van der Waals surface area contributed by atoms with Crippen LogP contribution >= 0.6 is 0 Å². The van der Waals surface area contributed by atoms with Crippen LogP contribution in [-0.4, -0.2) is 45.1 Å². The number of hydrogen-bond donors (Lipinski definition) is 1. The first-order valence-electron chi connectivity index (χ1n) is 8.68. The molecule has 7 heteroatoms. The van der Waals surface area contributed by atoms with Crippen LogP contribution in [0.5, 0.6) is 5.75 Å². The van der Waals surface area contributed by atoms with Gasteiger partial charge >= 0.3 is 0 Å². The molecule has 0 radical (unpaired) electrons. The van der Waals surface area contributed by atoms with Crippen molar-refractivity contribution in [3.63, 3.8) is 0 Å². The summed E-state index contributed by atoms with van der Waals surface area (Å²) < 4.78 is 36.0. The number of sulfonamides is 1. The highest BCUT2D eigenvalue weighted by Gasteiger charge is 2.22. The summed E-state index contributed by atoms with van der Waals surface area (Å²) in [6, 6.07) is 7.22. The Hall–Kier alpha value is -1.83. The number of nitrogens with zero attached hydrogens (tertiary/aromatic N) is 2. The first kappa shape index (κ1) is 20.5. The summed E-state index contributed by atoms with van der Waals surface area (Å²) in [7, 11) is 2.23.